The van der Waals surface area contributed by atoms with E-state index in [1.807, 2.05) is 0 Å². The van der Waals surface area contributed by atoms with Crippen LogP contribution in [0.2, 0.25) is 0 Å². The Hall–Kier alpha value is -2.08. The predicted octanol–water partition coefficient (Wildman–Crippen LogP) is 0.669. The second kappa shape index (κ2) is 5.27. The summed E-state index contributed by atoms with van der Waals surface area (Å²) < 4.78 is 4.70. The molecule has 0 aromatic heterocycles. The zero-order chi connectivity index (χ0) is 14.0. The number of aliphatic carboxylic acids is 1. The molecule has 6 nitrogen and oxygen atoms in total. The lowest BCUT2D eigenvalue weighted by atomic mass is 9.93. The number of carboxylic acid groups (broad SMARTS) is 1. The quantitative estimate of drug-likeness (QED) is 0.695. The van der Waals surface area contributed by atoms with Crippen molar-refractivity contribution in [1.82, 2.24) is 5.32 Å². The molecule has 0 saturated carbocycles. The lowest BCUT2D eigenvalue weighted by Crippen LogP contribution is -2.32. The van der Waals surface area contributed by atoms with Crippen LogP contribution >= 0.6 is 0 Å². The lowest BCUT2D eigenvalue weighted by molar-refractivity contribution is -0.145. The van der Waals surface area contributed by atoms with Gasteiger partial charge in [0, 0.05) is 11.6 Å². The van der Waals surface area contributed by atoms with Crippen molar-refractivity contribution in [2.24, 2.45) is 5.92 Å². The van der Waals surface area contributed by atoms with Gasteiger partial charge >= 0.3 is 11.9 Å². The van der Waals surface area contributed by atoms with Crippen molar-refractivity contribution in [1.29, 1.82) is 0 Å². The molecule has 3 atom stereocenters. The minimum atomic E-state index is -1.02. The molecule has 1 heterocycles. The molecule has 0 bridgehead atoms. The van der Waals surface area contributed by atoms with Gasteiger partial charge in [-0.2, -0.15) is 0 Å². The summed E-state index contributed by atoms with van der Waals surface area (Å²) in [5.74, 6) is -2.10. The van der Waals surface area contributed by atoms with E-state index in [-0.39, 0.29) is 12.2 Å². The van der Waals surface area contributed by atoms with Crippen molar-refractivity contribution >= 4 is 11.9 Å². The average Bonchev–Trinajstić information content (AvgIpc) is 2.83. The average molecular weight is 265 g/mol. The van der Waals surface area contributed by atoms with Gasteiger partial charge in [0.1, 0.15) is 11.8 Å². The van der Waals surface area contributed by atoms with Gasteiger partial charge in [0.2, 0.25) is 0 Å². The first-order valence-corrected chi connectivity index (χ1v) is 5.89. The number of hydrogen-bond donors (Lipinski definition) is 3. The number of aromatic hydroxyl groups is 1. The fraction of sp³-hybridized carbons (Fsp3) is 0.385. The summed E-state index contributed by atoms with van der Waals surface area (Å²) in [7, 11) is 1.26. The van der Waals surface area contributed by atoms with E-state index in [2.05, 4.69) is 5.32 Å². The van der Waals surface area contributed by atoms with Crippen molar-refractivity contribution < 1.29 is 24.5 Å². The van der Waals surface area contributed by atoms with Crippen LogP contribution in [0.25, 0.3) is 0 Å². The van der Waals surface area contributed by atoms with Gasteiger partial charge in [-0.25, -0.2) is 0 Å². The van der Waals surface area contributed by atoms with E-state index >= 15 is 0 Å². The number of carbonyl (C=O) groups excluding carboxylic acids is 1. The SMILES string of the molecule is COC(=O)C1C[C@@H](C(=O)O)NC1c1ccccc1O. The number of hydrogen-bond acceptors (Lipinski definition) is 5. The van der Waals surface area contributed by atoms with Gasteiger partial charge in [0.25, 0.3) is 0 Å². The second-order valence-corrected chi connectivity index (χ2v) is 4.46. The van der Waals surface area contributed by atoms with E-state index in [1.165, 1.54) is 13.2 Å². The largest absolute Gasteiger partial charge is 0.508 e. The normalized spacial score (nSPS) is 26.1. The smallest absolute Gasteiger partial charge is 0.320 e. The molecule has 2 unspecified atom stereocenters. The molecule has 1 aromatic rings. The number of methoxy groups -OCH3 is 1. The van der Waals surface area contributed by atoms with Crippen molar-refractivity contribution in [3.8, 4) is 5.75 Å². The van der Waals surface area contributed by atoms with E-state index in [0.717, 1.165) is 0 Å². The van der Waals surface area contributed by atoms with Crippen LogP contribution in [-0.4, -0.2) is 35.3 Å². The van der Waals surface area contributed by atoms with Gasteiger partial charge in [-0.15, -0.1) is 0 Å². The van der Waals surface area contributed by atoms with Crippen LogP contribution in [0.3, 0.4) is 0 Å². The zero-order valence-corrected chi connectivity index (χ0v) is 10.4. The highest BCUT2D eigenvalue weighted by Crippen LogP contribution is 2.37. The molecule has 1 fully saturated rings. The number of phenols is 1. The fourth-order valence-electron chi connectivity index (χ4n) is 2.40. The zero-order valence-electron chi connectivity index (χ0n) is 10.4. The number of benzene rings is 1. The maximum Gasteiger partial charge on any atom is 0.320 e. The highest BCUT2D eigenvalue weighted by molar-refractivity contribution is 5.79. The number of rotatable bonds is 3. The molecule has 1 aliphatic rings. The third kappa shape index (κ3) is 2.53. The monoisotopic (exact) mass is 265 g/mol. The lowest BCUT2D eigenvalue weighted by Gasteiger charge is -2.18. The summed E-state index contributed by atoms with van der Waals surface area (Å²) in [5.41, 5.74) is 0.502. The van der Waals surface area contributed by atoms with Gasteiger partial charge in [0.05, 0.1) is 13.0 Å². The molecule has 0 amide bonds. The maximum atomic E-state index is 11.7. The third-order valence-electron chi connectivity index (χ3n) is 3.35. The summed E-state index contributed by atoms with van der Waals surface area (Å²) in [5, 5.41) is 21.7. The molecule has 3 N–H and O–H groups in total. The molecule has 1 aromatic carbocycles. The van der Waals surface area contributed by atoms with Crippen molar-refractivity contribution in [2.75, 3.05) is 7.11 Å². The highest BCUT2D eigenvalue weighted by Gasteiger charge is 2.43. The van der Waals surface area contributed by atoms with E-state index < -0.39 is 29.9 Å². The predicted molar refractivity (Wildman–Crippen MR) is 65.5 cm³/mol. The first kappa shape index (κ1) is 13.4. The van der Waals surface area contributed by atoms with Crippen LogP contribution in [0.5, 0.6) is 5.75 Å². The summed E-state index contributed by atoms with van der Waals surface area (Å²) in [4.78, 5) is 22.8. The van der Waals surface area contributed by atoms with Crippen LogP contribution in [0.1, 0.15) is 18.0 Å². The Bertz CT molecular complexity index is 502. The summed E-state index contributed by atoms with van der Waals surface area (Å²) in [6.07, 6.45) is 0.140. The molecule has 1 aliphatic heterocycles. The fourth-order valence-corrected chi connectivity index (χ4v) is 2.40. The van der Waals surface area contributed by atoms with Crippen molar-refractivity contribution in [3.63, 3.8) is 0 Å². The standard InChI is InChI=1S/C13H15NO5/c1-19-13(18)8-6-9(12(16)17)14-11(8)7-4-2-3-5-10(7)15/h2-5,8-9,11,14-15H,6H2,1H3,(H,16,17)/t8?,9-,11?/m0/s1. The topological polar surface area (TPSA) is 95.9 Å². The molecular weight excluding hydrogens is 250 g/mol. The number of phenolic OH excluding ortho intramolecular Hbond substituents is 1. The van der Waals surface area contributed by atoms with Gasteiger partial charge in [-0.05, 0) is 12.5 Å². The van der Waals surface area contributed by atoms with Crippen LogP contribution < -0.4 is 5.32 Å². The number of ether oxygens (including phenoxy) is 1. The first-order valence-electron chi connectivity index (χ1n) is 5.89. The van der Waals surface area contributed by atoms with Gasteiger partial charge in [-0.3, -0.25) is 14.9 Å². The molecule has 2 rings (SSSR count). The molecule has 6 heteroatoms. The molecular formula is C13H15NO5. The molecule has 0 spiro atoms. The molecule has 102 valence electrons. The molecule has 0 aliphatic carbocycles. The summed E-state index contributed by atoms with van der Waals surface area (Å²) in [6, 6.07) is 5.16. The molecule has 19 heavy (non-hydrogen) atoms. The number of esters is 1. The molecule has 1 saturated heterocycles. The van der Waals surface area contributed by atoms with E-state index in [9.17, 15) is 14.7 Å². The van der Waals surface area contributed by atoms with E-state index in [1.54, 1.807) is 18.2 Å². The number of para-hydroxylation sites is 1. The number of carboxylic acids is 1. The Kier molecular flexibility index (Phi) is 3.71. The van der Waals surface area contributed by atoms with Crippen LogP contribution in [0, 0.1) is 5.92 Å². The first-order chi connectivity index (χ1) is 9.04. The minimum Gasteiger partial charge on any atom is -0.508 e. The highest BCUT2D eigenvalue weighted by atomic mass is 16.5. The Labute approximate surface area is 110 Å². The minimum absolute atomic E-state index is 0.0277. The Morgan fingerprint density at radius 1 is 1.37 bits per heavy atom. The summed E-state index contributed by atoms with van der Waals surface area (Å²) >= 11 is 0. The third-order valence-corrected chi connectivity index (χ3v) is 3.35. The molecule has 0 radical (unpaired) electrons. The van der Waals surface area contributed by atoms with Crippen LogP contribution in [-0.2, 0) is 14.3 Å². The maximum absolute atomic E-state index is 11.7. The number of nitrogens with one attached hydrogen (secondary N) is 1. The van der Waals surface area contributed by atoms with Gasteiger partial charge in [0.15, 0.2) is 0 Å². The second-order valence-electron chi connectivity index (χ2n) is 4.46. The van der Waals surface area contributed by atoms with Crippen molar-refractivity contribution in [3.05, 3.63) is 29.8 Å². The Balaban J connectivity index is 2.33. The van der Waals surface area contributed by atoms with E-state index in [4.69, 9.17) is 9.84 Å². The van der Waals surface area contributed by atoms with Crippen LogP contribution in [0.4, 0.5) is 0 Å². The van der Waals surface area contributed by atoms with Crippen molar-refractivity contribution in [2.45, 2.75) is 18.5 Å². The van der Waals surface area contributed by atoms with Gasteiger partial charge in [-0.1, -0.05) is 18.2 Å². The van der Waals surface area contributed by atoms with E-state index in [0.29, 0.717) is 5.56 Å². The van der Waals surface area contributed by atoms with Crippen LogP contribution in [0.15, 0.2) is 24.3 Å². The Morgan fingerprint density at radius 3 is 2.63 bits per heavy atom. The van der Waals surface area contributed by atoms with Gasteiger partial charge < -0.3 is 14.9 Å². The summed E-state index contributed by atoms with van der Waals surface area (Å²) in [6.45, 7) is 0. The number of carbonyl (C=O) groups is 2. The Morgan fingerprint density at radius 2 is 2.05 bits per heavy atom.